The van der Waals surface area contributed by atoms with Crippen LogP contribution in [0.3, 0.4) is 0 Å². The van der Waals surface area contributed by atoms with Gasteiger partial charge in [0.2, 0.25) is 15.9 Å². The quantitative estimate of drug-likeness (QED) is 0.685. The average Bonchev–Trinajstić information content (AvgIpc) is 2.59. The lowest BCUT2D eigenvalue weighted by Crippen LogP contribution is -2.32. The lowest BCUT2D eigenvalue weighted by molar-refractivity contribution is -0.121. The molecule has 0 heterocycles. The normalized spacial score (nSPS) is 11.3. The van der Waals surface area contributed by atoms with Crippen molar-refractivity contribution in [2.75, 3.05) is 17.1 Å². The third-order valence-corrected chi connectivity index (χ3v) is 5.69. The third-order valence-electron chi connectivity index (χ3n) is 3.95. The fourth-order valence-corrected chi connectivity index (χ4v) is 3.93. The Labute approximate surface area is 170 Å². The van der Waals surface area contributed by atoms with E-state index in [0.29, 0.717) is 23.7 Å². The van der Waals surface area contributed by atoms with Crippen molar-refractivity contribution in [3.8, 4) is 0 Å². The Bertz CT molecular complexity index is 900. The number of rotatable bonds is 8. The van der Waals surface area contributed by atoms with Crippen molar-refractivity contribution in [3.63, 3.8) is 0 Å². The molecule has 0 spiro atoms. The summed E-state index contributed by atoms with van der Waals surface area (Å²) in [5.74, 6) is -0.138. The zero-order valence-corrected chi connectivity index (χ0v) is 17.5. The van der Waals surface area contributed by atoms with Crippen LogP contribution >= 0.6 is 23.2 Å². The molecule has 0 aromatic heterocycles. The van der Waals surface area contributed by atoms with Crippen LogP contribution in [0.2, 0.25) is 10.0 Å². The molecule has 0 saturated carbocycles. The van der Waals surface area contributed by atoms with Crippen molar-refractivity contribution in [2.45, 2.75) is 26.3 Å². The van der Waals surface area contributed by atoms with Gasteiger partial charge in [-0.2, -0.15) is 0 Å². The topological polar surface area (TPSA) is 66.5 Å². The first kappa shape index (κ1) is 21.5. The van der Waals surface area contributed by atoms with Crippen molar-refractivity contribution >= 4 is 44.8 Å². The maximum absolute atomic E-state index is 12.1. The number of hydrogen-bond acceptors (Lipinski definition) is 3. The van der Waals surface area contributed by atoms with E-state index in [1.807, 2.05) is 31.2 Å². The van der Waals surface area contributed by atoms with Gasteiger partial charge in [0.15, 0.2) is 0 Å². The molecule has 146 valence electrons. The Balaban J connectivity index is 1.92. The second-order valence-corrected chi connectivity index (χ2v) is 9.05. The first-order valence-electron chi connectivity index (χ1n) is 8.42. The van der Waals surface area contributed by atoms with Crippen molar-refractivity contribution in [3.05, 3.63) is 63.6 Å². The monoisotopic (exact) mass is 428 g/mol. The number of halogens is 2. The fraction of sp³-hybridized carbons (Fsp3) is 0.316. The highest BCUT2D eigenvalue weighted by Gasteiger charge is 2.20. The van der Waals surface area contributed by atoms with Crippen molar-refractivity contribution in [2.24, 2.45) is 0 Å². The van der Waals surface area contributed by atoms with Crippen molar-refractivity contribution < 1.29 is 13.2 Å². The van der Waals surface area contributed by atoms with Crippen LogP contribution in [0.5, 0.6) is 0 Å². The number of amides is 1. The van der Waals surface area contributed by atoms with Gasteiger partial charge in [-0.05, 0) is 37.1 Å². The van der Waals surface area contributed by atoms with Crippen LogP contribution < -0.4 is 9.62 Å². The molecule has 0 aliphatic rings. The van der Waals surface area contributed by atoms with Gasteiger partial charge in [-0.1, -0.05) is 53.0 Å². The largest absolute Gasteiger partial charge is 0.352 e. The average molecular weight is 429 g/mol. The van der Waals surface area contributed by atoms with Crippen LogP contribution in [0.25, 0.3) is 0 Å². The lowest BCUT2D eigenvalue weighted by Gasteiger charge is -2.23. The summed E-state index contributed by atoms with van der Waals surface area (Å²) >= 11 is 12.1. The summed E-state index contributed by atoms with van der Waals surface area (Å²) in [7, 11) is -3.56. The van der Waals surface area contributed by atoms with E-state index < -0.39 is 10.0 Å². The van der Waals surface area contributed by atoms with E-state index in [2.05, 4.69) is 5.32 Å². The van der Waals surface area contributed by atoms with Crippen molar-refractivity contribution in [1.82, 2.24) is 5.32 Å². The zero-order chi connectivity index (χ0) is 20.0. The molecule has 2 aromatic carbocycles. The molecule has 0 saturated heterocycles. The molecule has 0 bridgehead atoms. The van der Waals surface area contributed by atoms with Gasteiger partial charge < -0.3 is 5.32 Å². The summed E-state index contributed by atoms with van der Waals surface area (Å²) in [5.41, 5.74) is 2.48. The number of anilines is 1. The van der Waals surface area contributed by atoms with E-state index in [0.717, 1.165) is 17.4 Å². The van der Waals surface area contributed by atoms with E-state index in [-0.39, 0.29) is 23.9 Å². The second-order valence-electron chi connectivity index (χ2n) is 6.30. The number of carbonyl (C=O) groups is 1. The Morgan fingerprint density at radius 3 is 2.41 bits per heavy atom. The number of hydrogen-bond donors (Lipinski definition) is 1. The van der Waals surface area contributed by atoms with Gasteiger partial charge in [-0.3, -0.25) is 9.10 Å². The van der Waals surface area contributed by atoms with Crippen LogP contribution in [0.4, 0.5) is 5.69 Å². The van der Waals surface area contributed by atoms with E-state index in [9.17, 15) is 13.2 Å². The standard InChI is InChI=1S/C19H22Cl2N2O3S/c1-14-5-7-15(8-6-14)13-22-19(24)4-3-11-23(27(2,25)26)18-12-16(20)9-10-17(18)21/h5-10,12H,3-4,11,13H2,1-2H3,(H,22,24). The first-order valence-corrected chi connectivity index (χ1v) is 11.0. The Hall–Kier alpha value is -1.76. The predicted molar refractivity (Wildman–Crippen MR) is 111 cm³/mol. The van der Waals surface area contributed by atoms with E-state index in [1.54, 1.807) is 12.1 Å². The van der Waals surface area contributed by atoms with Crippen LogP contribution in [-0.2, 0) is 21.4 Å². The van der Waals surface area contributed by atoms with E-state index in [1.165, 1.54) is 10.4 Å². The molecular weight excluding hydrogens is 407 g/mol. The van der Waals surface area contributed by atoms with E-state index in [4.69, 9.17) is 23.2 Å². The molecule has 1 N–H and O–H groups in total. The maximum atomic E-state index is 12.1. The SMILES string of the molecule is Cc1ccc(CNC(=O)CCCN(c2cc(Cl)ccc2Cl)S(C)(=O)=O)cc1. The van der Waals surface area contributed by atoms with Gasteiger partial charge >= 0.3 is 0 Å². The van der Waals surface area contributed by atoms with Gasteiger partial charge in [0, 0.05) is 24.5 Å². The predicted octanol–water partition coefficient (Wildman–Crippen LogP) is 4.16. The summed E-state index contributed by atoms with van der Waals surface area (Å²) in [6, 6.07) is 12.5. The van der Waals surface area contributed by atoms with Crippen LogP contribution in [-0.4, -0.2) is 27.1 Å². The summed E-state index contributed by atoms with van der Waals surface area (Å²) in [6.45, 7) is 2.58. The van der Waals surface area contributed by atoms with Gasteiger partial charge in [0.25, 0.3) is 0 Å². The molecule has 0 fully saturated rings. The second kappa shape index (κ2) is 9.44. The van der Waals surface area contributed by atoms with Gasteiger partial charge in [0.05, 0.1) is 17.0 Å². The van der Waals surface area contributed by atoms with E-state index >= 15 is 0 Å². The minimum absolute atomic E-state index is 0.136. The number of aryl methyl sites for hydroxylation is 1. The highest BCUT2D eigenvalue weighted by atomic mass is 35.5. The van der Waals surface area contributed by atoms with Gasteiger partial charge in [0.1, 0.15) is 0 Å². The number of sulfonamides is 1. The molecule has 2 rings (SSSR count). The number of benzene rings is 2. The summed E-state index contributed by atoms with van der Waals surface area (Å²) in [4.78, 5) is 12.0. The molecule has 8 heteroatoms. The Kier molecular flexibility index (Phi) is 7.53. The first-order chi connectivity index (χ1) is 12.7. The minimum Gasteiger partial charge on any atom is -0.352 e. The zero-order valence-electron chi connectivity index (χ0n) is 15.2. The van der Waals surface area contributed by atoms with Crippen molar-refractivity contribution in [1.29, 1.82) is 0 Å². The molecule has 2 aromatic rings. The number of nitrogens with zero attached hydrogens (tertiary/aromatic N) is 1. The summed E-state index contributed by atoms with van der Waals surface area (Å²) in [5, 5.41) is 3.51. The molecule has 0 unspecified atom stereocenters. The van der Waals surface area contributed by atoms with Crippen LogP contribution in [0, 0.1) is 6.92 Å². The molecule has 0 aliphatic carbocycles. The molecule has 0 atom stereocenters. The molecule has 5 nitrogen and oxygen atoms in total. The highest BCUT2D eigenvalue weighted by Crippen LogP contribution is 2.30. The lowest BCUT2D eigenvalue weighted by atomic mass is 10.1. The number of carbonyl (C=O) groups excluding carboxylic acids is 1. The van der Waals surface area contributed by atoms with Crippen LogP contribution in [0.15, 0.2) is 42.5 Å². The maximum Gasteiger partial charge on any atom is 0.232 e. The smallest absolute Gasteiger partial charge is 0.232 e. The summed E-state index contributed by atoms with van der Waals surface area (Å²) in [6.07, 6.45) is 1.66. The Morgan fingerprint density at radius 1 is 1.11 bits per heavy atom. The summed E-state index contributed by atoms with van der Waals surface area (Å²) < 4.78 is 25.4. The number of nitrogens with one attached hydrogen (secondary N) is 1. The van der Waals surface area contributed by atoms with Gasteiger partial charge in [-0.15, -0.1) is 0 Å². The Morgan fingerprint density at radius 2 is 1.78 bits per heavy atom. The minimum atomic E-state index is -3.56. The molecule has 0 radical (unpaired) electrons. The molecule has 1 amide bonds. The molecule has 0 aliphatic heterocycles. The van der Waals surface area contributed by atoms with Crippen LogP contribution in [0.1, 0.15) is 24.0 Å². The fourth-order valence-electron chi connectivity index (χ4n) is 2.52. The molecular formula is C19H22Cl2N2O3S. The van der Waals surface area contributed by atoms with Gasteiger partial charge in [-0.25, -0.2) is 8.42 Å². The third kappa shape index (κ3) is 6.72. The highest BCUT2D eigenvalue weighted by molar-refractivity contribution is 7.92. The molecule has 27 heavy (non-hydrogen) atoms.